The number of carbonyl (C=O) groups excluding carboxylic acids is 1. The quantitative estimate of drug-likeness (QED) is 0.710. The summed E-state index contributed by atoms with van der Waals surface area (Å²) in [5, 5.41) is 5.91. The highest BCUT2D eigenvalue weighted by Gasteiger charge is 2.03. The van der Waals surface area contributed by atoms with Gasteiger partial charge in [-0.2, -0.15) is 0 Å². The molecule has 2 N–H and O–H groups in total. The molecule has 0 bridgehead atoms. The van der Waals surface area contributed by atoms with Crippen LogP contribution in [0.4, 0.5) is 5.69 Å². The van der Waals surface area contributed by atoms with Gasteiger partial charge in [0.05, 0.1) is 6.61 Å². The van der Waals surface area contributed by atoms with Crippen molar-refractivity contribution in [3.8, 4) is 5.75 Å². The summed E-state index contributed by atoms with van der Waals surface area (Å²) in [5.41, 5.74) is 0.788. The average Bonchev–Trinajstić information content (AvgIpc) is 2.37. The van der Waals surface area contributed by atoms with Gasteiger partial charge in [-0.05, 0) is 38.1 Å². The molecule has 4 nitrogen and oxygen atoms in total. The van der Waals surface area contributed by atoms with Gasteiger partial charge in [0.25, 0.3) is 0 Å². The minimum absolute atomic E-state index is 0.0382. The SMILES string of the molecule is CNCCCC(=O)Nc1cccc(OCC(C)C)c1. The fourth-order valence-electron chi connectivity index (χ4n) is 1.58. The van der Waals surface area contributed by atoms with Gasteiger partial charge >= 0.3 is 0 Å². The molecule has 1 aromatic rings. The van der Waals surface area contributed by atoms with Crippen molar-refractivity contribution in [2.45, 2.75) is 26.7 Å². The number of benzene rings is 1. The van der Waals surface area contributed by atoms with Crippen LogP contribution in [0, 0.1) is 5.92 Å². The van der Waals surface area contributed by atoms with E-state index in [2.05, 4.69) is 24.5 Å². The normalized spacial score (nSPS) is 10.5. The highest BCUT2D eigenvalue weighted by atomic mass is 16.5. The van der Waals surface area contributed by atoms with Gasteiger partial charge < -0.3 is 15.4 Å². The lowest BCUT2D eigenvalue weighted by Gasteiger charge is -2.10. The molecule has 0 spiro atoms. The van der Waals surface area contributed by atoms with E-state index in [1.807, 2.05) is 31.3 Å². The second-order valence-electron chi connectivity index (χ2n) is 4.99. The molecule has 0 radical (unpaired) electrons. The van der Waals surface area contributed by atoms with E-state index in [4.69, 9.17) is 4.74 Å². The Hall–Kier alpha value is -1.55. The molecule has 0 aromatic heterocycles. The number of rotatable bonds is 8. The van der Waals surface area contributed by atoms with E-state index < -0.39 is 0 Å². The van der Waals surface area contributed by atoms with Crippen LogP contribution in [-0.2, 0) is 4.79 Å². The molecule has 0 aliphatic rings. The highest BCUT2D eigenvalue weighted by molar-refractivity contribution is 5.90. The van der Waals surface area contributed by atoms with Crippen LogP contribution in [0.3, 0.4) is 0 Å². The first-order chi connectivity index (χ1) is 9.11. The molecule has 0 aliphatic carbocycles. The topological polar surface area (TPSA) is 50.4 Å². The predicted octanol–water partition coefficient (Wildman–Crippen LogP) is 2.66. The molecule has 1 amide bonds. The third-order valence-electron chi connectivity index (χ3n) is 2.53. The molecule has 0 heterocycles. The summed E-state index contributed by atoms with van der Waals surface area (Å²) in [7, 11) is 1.88. The first kappa shape index (κ1) is 15.5. The summed E-state index contributed by atoms with van der Waals surface area (Å²) in [6, 6.07) is 7.52. The number of nitrogens with one attached hydrogen (secondary N) is 2. The fraction of sp³-hybridized carbons (Fsp3) is 0.533. The van der Waals surface area contributed by atoms with Gasteiger partial charge in [0.2, 0.25) is 5.91 Å². The summed E-state index contributed by atoms with van der Waals surface area (Å²) in [6.45, 7) is 5.74. The number of carbonyl (C=O) groups is 1. The van der Waals surface area contributed by atoms with Crippen molar-refractivity contribution in [2.75, 3.05) is 25.5 Å². The molecule has 1 rings (SSSR count). The van der Waals surface area contributed by atoms with E-state index in [0.29, 0.717) is 18.9 Å². The summed E-state index contributed by atoms with van der Waals surface area (Å²) in [5.74, 6) is 1.32. The van der Waals surface area contributed by atoms with Crippen molar-refractivity contribution in [1.82, 2.24) is 5.32 Å². The summed E-state index contributed by atoms with van der Waals surface area (Å²) in [6.07, 6.45) is 1.36. The van der Waals surface area contributed by atoms with Crippen LogP contribution in [0.5, 0.6) is 5.75 Å². The Labute approximate surface area is 115 Å². The van der Waals surface area contributed by atoms with Gasteiger partial charge in [0.15, 0.2) is 0 Å². The lowest BCUT2D eigenvalue weighted by atomic mass is 10.2. The molecule has 106 valence electrons. The Morgan fingerprint density at radius 2 is 2.16 bits per heavy atom. The van der Waals surface area contributed by atoms with Crippen molar-refractivity contribution in [1.29, 1.82) is 0 Å². The molecular formula is C15H24N2O2. The zero-order valence-electron chi connectivity index (χ0n) is 12.0. The minimum Gasteiger partial charge on any atom is -0.493 e. The fourth-order valence-corrected chi connectivity index (χ4v) is 1.58. The van der Waals surface area contributed by atoms with Crippen LogP contribution in [0.25, 0.3) is 0 Å². The summed E-state index contributed by atoms with van der Waals surface area (Å²) >= 11 is 0. The molecule has 0 saturated heterocycles. The Balaban J connectivity index is 2.45. The van der Waals surface area contributed by atoms with Gasteiger partial charge in [-0.1, -0.05) is 19.9 Å². The largest absolute Gasteiger partial charge is 0.493 e. The maximum Gasteiger partial charge on any atom is 0.224 e. The number of anilines is 1. The maximum atomic E-state index is 11.7. The monoisotopic (exact) mass is 264 g/mol. The Kier molecular flexibility index (Phi) is 6.97. The van der Waals surface area contributed by atoms with Crippen LogP contribution in [0.15, 0.2) is 24.3 Å². The van der Waals surface area contributed by atoms with Crippen LogP contribution in [0.2, 0.25) is 0 Å². The highest BCUT2D eigenvalue weighted by Crippen LogP contribution is 2.18. The van der Waals surface area contributed by atoms with E-state index in [-0.39, 0.29) is 5.91 Å². The van der Waals surface area contributed by atoms with Crippen molar-refractivity contribution in [3.05, 3.63) is 24.3 Å². The molecule has 4 heteroatoms. The summed E-state index contributed by atoms with van der Waals surface area (Å²) < 4.78 is 5.63. The van der Waals surface area contributed by atoms with E-state index in [9.17, 15) is 4.79 Å². The zero-order valence-corrected chi connectivity index (χ0v) is 12.0. The van der Waals surface area contributed by atoms with Crippen molar-refractivity contribution in [3.63, 3.8) is 0 Å². The maximum absolute atomic E-state index is 11.7. The smallest absolute Gasteiger partial charge is 0.224 e. The van der Waals surface area contributed by atoms with Crippen molar-refractivity contribution < 1.29 is 9.53 Å². The lowest BCUT2D eigenvalue weighted by Crippen LogP contribution is -2.15. The van der Waals surface area contributed by atoms with E-state index in [1.165, 1.54) is 0 Å². The first-order valence-electron chi connectivity index (χ1n) is 6.79. The van der Waals surface area contributed by atoms with E-state index >= 15 is 0 Å². The van der Waals surface area contributed by atoms with Crippen molar-refractivity contribution >= 4 is 11.6 Å². The summed E-state index contributed by atoms with van der Waals surface area (Å²) in [4.78, 5) is 11.7. The predicted molar refractivity (Wildman–Crippen MR) is 78.6 cm³/mol. The van der Waals surface area contributed by atoms with Gasteiger partial charge in [0.1, 0.15) is 5.75 Å². The Morgan fingerprint density at radius 1 is 1.37 bits per heavy atom. The van der Waals surface area contributed by atoms with E-state index in [0.717, 1.165) is 24.4 Å². The second-order valence-corrected chi connectivity index (χ2v) is 4.99. The number of ether oxygens (including phenoxy) is 1. The standard InChI is InChI=1S/C15H24N2O2/c1-12(2)11-19-14-7-4-6-13(10-14)17-15(18)8-5-9-16-3/h4,6-7,10,12,16H,5,8-9,11H2,1-3H3,(H,17,18). The van der Waals surface area contributed by atoms with Crippen LogP contribution in [-0.4, -0.2) is 26.1 Å². The molecule has 0 saturated carbocycles. The van der Waals surface area contributed by atoms with Crippen LogP contribution < -0.4 is 15.4 Å². The van der Waals surface area contributed by atoms with Crippen LogP contribution in [0.1, 0.15) is 26.7 Å². The molecule has 0 unspecified atom stereocenters. The number of amides is 1. The third-order valence-corrected chi connectivity index (χ3v) is 2.53. The minimum atomic E-state index is 0.0382. The van der Waals surface area contributed by atoms with E-state index in [1.54, 1.807) is 0 Å². The van der Waals surface area contributed by atoms with Gasteiger partial charge in [0, 0.05) is 18.2 Å². The number of hydrogen-bond donors (Lipinski definition) is 2. The second kappa shape index (κ2) is 8.53. The molecule has 0 aliphatic heterocycles. The third kappa shape index (κ3) is 6.82. The van der Waals surface area contributed by atoms with Crippen molar-refractivity contribution in [2.24, 2.45) is 5.92 Å². The molecule has 19 heavy (non-hydrogen) atoms. The Morgan fingerprint density at radius 3 is 2.84 bits per heavy atom. The molecular weight excluding hydrogens is 240 g/mol. The van der Waals surface area contributed by atoms with Gasteiger partial charge in [-0.15, -0.1) is 0 Å². The Bertz CT molecular complexity index is 391. The average molecular weight is 264 g/mol. The van der Waals surface area contributed by atoms with Gasteiger partial charge in [-0.25, -0.2) is 0 Å². The van der Waals surface area contributed by atoms with Crippen LogP contribution >= 0.6 is 0 Å². The lowest BCUT2D eigenvalue weighted by molar-refractivity contribution is -0.116. The van der Waals surface area contributed by atoms with Gasteiger partial charge in [-0.3, -0.25) is 4.79 Å². The molecule has 0 atom stereocenters. The number of hydrogen-bond acceptors (Lipinski definition) is 3. The first-order valence-corrected chi connectivity index (χ1v) is 6.79. The molecule has 0 fully saturated rings. The molecule has 1 aromatic carbocycles. The zero-order chi connectivity index (χ0) is 14.1.